The Balaban J connectivity index is 0.00000242. The monoisotopic (exact) mass is 350 g/mol. The molecule has 1 unspecified atom stereocenters. The largest absolute Gasteiger partial charge is 0.329 e. The van der Waals surface area contributed by atoms with Gasteiger partial charge < -0.3 is 5.73 Å². The highest BCUT2D eigenvalue weighted by Crippen LogP contribution is 2.27. The molecule has 0 saturated heterocycles. The second-order valence-corrected chi connectivity index (χ2v) is 7.48. The molecule has 1 aliphatic rings. The minimum atomic E-state index is -3.88. The van der Waals surface area contributed by atoms with Crippen LogP contribution < -0.4 is 10.5 Å². The van der Waals surface area contributed by atoms with Gasteiger partial charge in [0.05, 0.1) is 0 Å². The molecule has 3 N–H and O–H groups in total. The lowest BCUT2D eigenvalue weighted by Crippen LogP contribution is -2.46. The van der Waals surface area contributed by atoms with Gasteiger partial charge in [0.1, 0.15) is 10.7 Å². The van der Waals surface area contributed by atoms with Gasteiger partial charge in [-0.25, -0.2) is 17.5 Å². The minimum Gasteiger partial charge on any atom is -0.329 e. The SMILES string of the molecule is Cc1ccc(F)c(S(=O)(=O)NC(CN)C2CCCCC2)c1.Cl. The maximum absolute atomic E-state index is 13.8. The van der Waals surface area contributed by atoms with E-state index in [4.69, 9.17) is 5.73 Å². The summed E-state index contributed by atoms with van der Waals surface area (Å²) in [6.45, 7) is 1.97. The summed E-state index contributed by atoms with van der Waals surface area (Å²) >= 11 is 0. The minimum absolute atomic E-state index is 0. The third-order valence-corrected chi connectivity index (χ3v) is 5.66. The highest BCUT2D eigenvalue weighted by molar-refractivity contribution is 7.89. The van der Waals surface area contributed by atoms with Gasteiger partial charge >= 0.3 is 0 Å². The summed E-state index contributed by atoms with van der Waals surface area (Å²) in [5.41, 5.74) is 6.44. The van der Waals surface area contributed by atoms with E-state index < -0.39 is 15.8 Å². The van der Waals surface area contributed by atoms with E-state index in [9.17, 15) is 12.8 Å². The smallest absolute Gasteiger partial charge is 0.243 e. The van der Waals surface area contributed by atoms with E-state index in [1.165, 1.54) is 18.6 Å². The van der Waals surface area contributed by atoms with Crippen LogP contribution in [-0.2, 0) is 10.0 Å². The van der Waals surface area contributed by atoms with Crippen LogP contribution in [-0.4, -0.2) is 21.0 Å². The molecule has 0 spiro atoms. The van der Waals surface area contributed by atoms with Crippen LogP contribution in [0.1, 0.15) is 37.7 Å². The number of rotatable bonds is 5. The van der Waals surface area contributed by atoms with E-state index in [0.29, 0.717) is 5.56 Å². The van der Waals surface area contributed by atoms with E-state index in [0.717, 1.165) is 25.7 Å². The van der Waals surface area contributed by atoms with E-state index in [-0.39, 0.29) is 35.8 Å². The average Bonchev–Trinajstić information content (AvgIpc) is 2.48. The van der Waals surface area contributed by atoms with Crippen molar-refractivity contribution >= 4 is 22.4 Å². The normalized spacial score (nSPS) is 17.8. The van der Waals surface area contributed by atoms with Gasteiger partial charge in [-0.3, -0.25) is 0 Å². The molecule has 0 amide bonds. The lowest BCUT2D eigenvalue weighted by atomic mass is 9.84. The van der Waals surface area contributed by atoms with Crippen LogP contribution in [0, 0.1) is 18.7 Å². The Hall–Kier alpha value is -0.690. The van der Waals surface area contributed by atoms with Gasteiger partial charge in [0.15, 0.2) is 0 Å². The number of benzene rings is 1. The highest BCUT2D eigenvalue weighted by Gasteiger charge is 2.28. The van der Waals surface area contributed by atoms with Crippen LogP contribution in [0.15, 0.2) is 23.1 Å². The first kappa shape index (κ1) is 19.4. The molecule has 22 heavy (non-hydrogen) atoms. The zero-order valence-electron chi connectivity index (χ0n) is 12.7. The molecule has 7 heteroatoms. The van der Waals surface area contributed by atoms with Crippen molar-refractivity contribution < 1.29 is 12.8 Å². The standard InChI is InChI=1S/C15H23FN2O2S.ClH/c1-11-7-8-13(16)15(9-11)21(19,20)18-14(10-17)12-5-3-2-4-6-12;/h7-9,12,14,18H,2-6,10,17H2,1H3;1H. The Labute approximate surface area is 138 Å². The molecule has 126 valence electrons. The summed E-state index contributed by atoms with van der Waals surface area (Å²) in [6.07, 6.45) is 5.33. The van der Waals surface area contributed by atoms with Gasteiger partial charge in [0.2, 0.25) is 10.0 Å². The Bertz CT molecular complexity index is 589. The van der Waals surface area contributed by atoms with Crippen molar-refractivity contribution in [2.24, 2.45) is 11.7 Å². The molecule has 0 radical (unpaired) electrons. The number of nitrogens with one attached hydrogen (secondary N) is 1. The number of nitrogens with two attached hydrogens (primary N) is 1. The molecular formula is C15H24ClFN2O2S. The van der Waals surface area contributed by atoms with Gasteiger partial charge in [-0.05, 0) is 43.4 Å². The summed E-state index contributed by atoms with van der Waals surface area (Å²) in [6, 6.07) is 3.76. The van der Waals surface area contributed by atoms with E-state index in [1.54, 1.807) is 13.0 Å². The average molecular weight is 351 g/mol. The van der Waals surface area contributed by atoms with Crippen molar-refractivity contribution in [2.45, 2.75) is 50.0 Å². The second-order valence-electron chi connectivity index (χ2n) is 5.80. The summed E-state index contributed by atoms with van der Waals surface area (Å²) in [7, 11) is -3.88. The fourth-order valence-corrected chi connectivity index (χ4v) is 4.43. The Morgan fingerprint density at radius 1 is 1.32 bits per heavy atom. The zero-order chi connectivity index (χ0) is 15.5. The number of sulfonamides is 1. The van der Waals surface area contributed by atoms with Crippen molar-refractivity contribution in [3.05, 3.63) is 29.6 Å². The van der Waals surface area contributed by atoms with Crippen molar-refractivity contribution in [2.75, 3.05) is 6.54 Å². The summed E-state index contributed by atoms with van der Waals surface area (Å²) < 4.78 is 41.2. The quantitative estimate of drug-likeness (QED) is 0.857. The summed E-state index contributed by atoms with van der Waals surface area (Å²) in [4.78, 5) is -0.295. The predicted molar refractivity (Wildman–Crippen MR) is 88.1 cm³/mol. The van der Waals surface area contributed by atoms with Gasteiger partial charge in [0, 0.05) is 12.6 Å². The molecule has 1 atom stereocenters. The first-order valence-corrected chi connectivity index (χ1v) is 8.91. The molecule has 1 saturated carbocycles. The maximum Gasteiger partial charge on any atom is 0.243 e. The number of hydrogen-bond acceptors (Lipinski definition) is 3. The van der Waals surface area contributed by atoms with Gasteiger partial charge in [0.25, 0.3) is 0 Å². The third kappa shape index (κ3) is 4.65. The van der Waals surface area contributed by atoms with Crippen LogP contribution in [0.3, 0.4) is 0 Å². The molecule has 2 rings (SSSR count). The lowest BCUT2D eigenvalue weighted by Gasteiger charge is -2.29. The Morgan fingerprint density at radius 3 is 2.55 bits per heavy atom. The fraction of sp³-hybridized carbons (Fsp3) is 0.600. The van der Waals surface area contributed by atoms with Crippen LogP contribution in [0.2, 0.25) is 0 Å². The van der Waals surface area contributed by atoms with Crippen molar-refractivity contribution in [3.8, 4) is 0 Å². The fourth-order valence-electron chi connectivity index (χ4n) is 2.95. The Morgan fingerprint density at radius 2 is 1.95 bits per heavy atom. The zero-order valence-corrected chi connectivity index (χ0v) is 14.4. The molecule has 4 nitrogen and oxygen atoms in total. The van der Waals surface area contributed by atoms with Crippen molar-refractivity contribution in [1.29, 1.82) is 0 Å². The topological polar surface area (TPSA) is 72.2 Å². The van der Waals surface area contributed by atoms with Crippen LogP contribution in [0.5, 0.6) is 0 Å². The molecule has 1 aliphatic carbocycles. The maximum atomic E-state index is 13.8. The predicted octanol–water partition coefficient (Wildman–Crippen LogP) is 2.74. The number of hydrogen-bond donors (Lipinski definition) is 2. The molecule has 0 aliphatic heterocycles. The van der Waals surface area contributed by atoms with E-state index in [1.807, 2.05) is 0 Å². The van der Waals surface area contributed by atoms with Crippen molar-refractivity contribution in [3.63, 3.8) is 0 Å². The van der Waals surface area contributed by atoms with Crippen LogP contribution in [0.25, 0.3) is 0 Å². The molecule has 0 aromatic heterocycles. The molecular weight excluding hydrogens is 327 g/mol. The Kier molecular flexibility index (Phi) is 7.25. The lowest BCUT2D eigenvalue weighted by molar-refractivity contribution is 0.294. The number of halogens is 2. The molecule has 1 aromatic rings. The van der Waals surface area contributed by atoms with Gasteiger partial charge in [-0.15, -0.1) is 12.4 Å². The molecule has 0 bridgehead atoms. The molecule has 1 fully saturated rings. The van der Waals surface area contributed by atoms with E-state index in [2.05, 4.69) is 4.72 Å². The third-order valence-electron chi connectivity index (χ3n) is 4.16. The van der Waals surface area contributed by atoms with Crippen LogP contribution >= 0.6 is 12.4 Å². The first-order valence-electron chi connectivity index (χ1n) is 7.42. The molecule has 1 aromatic carbocycles. The molecule has 0 heterocycles. The van der Waals surface area contributed by atoms with E-state index >= 15 is 0 Å². The summed E-state index contributed by atoms with van der Waals surface area (Å²) in [5.74, 6) is -0.487. The number of aryl methyl sites for hydroxylation is 1. The van der Waals surface area contributed by atoms with Gasteiger partial charge in [-0.2, -0.15) is 0 Å². The van der Waals surface area contributed by atoms with Gasteiger partial charge in [-0.1, -0.05) is 25.3 Å². The van der Waals surface area contributed by atoms with Crippen molar-refractivity contribution in [1.82, 2.24) is 4.72 Å². The first-order chi connectivity index (χ1) is 9.94. The second kappa shape index (κ2) is 8.24. The van der Waals surface area contributed by atoms with Crippen LogP contribution in [0.4, 0.5) is 4.39 Å². The summed E-state index contributed by atoms with van der Waals surface area (Å²) in [5, 5.41) is 0. The highest BCUT2D eigenvalue weighted by atomic mass is 35.5.